The van der Waals surface area contributed by atoms with Gasteiger partial charge in [-0.2, -0.15) is 5.10 Å². The second kappa shape index (κ2) is 2.62. The van der Waals surface area contributed by atoms with E-state index in [0.717, 1.165) is 19.4 Å². The molecule has 0 bridgehead atoms. The summed E-state index contributed by atoms with van der Waals surface area (Å²) in [6.07, 6.45) is 2.60. The van der Waals surface area contributed by atoms with E-state index >= 15 is 0 Å². The maximum absolute atomic E-state index is 11.4. The van der Waals surface area contributed by atoms with Crippen molar-refractivity contribution in [1.29, 1.82) is 0 Å². The van der Waals surface area contributed by atoms with Crippen molar-refractivity contribution in [2.75, 3.05) is 5.73 Å². The number of fused-ring (bicyclic) bond motifs is 1. The second-order valence-electron chi connectivity index (χ2n) is 3.06. The van der Waals surface area contributed by atoms with Crippen LogP contribution in [0.3, 0.4) is 0 Å². The van der Waals surface area contributed by atoms with E-state index in [4.69, 9.17) is 5.73 Å². The van der Waals surface area contributed by atoms with E-state index in [9.17, 15) is 4.79 Å². The van der Waals surface area contributed by atoms with Crippen LogP contribution in [0.2, 0.25) is 0 Å². The molecule has 12 heavy (non-hydrogen) atoms. The van der Waals surface area contributed by atoms with Crippen molar-refractivity contribution in [3.8, 4) is 0 Å². The molecular weight excluding hydrogens is 154 g/mol. The first kappa shape index (κ1) is 7.34. The fourth-order valence-electron chi connectivity index (χ4n) is 1.51. The molecule has 4 heteroatoms. The zero-order chi connectivity index (χ0) is 8.55. The molecule has 4 nitrogen and oxygen atoms in total. The van der Waals surface area contributed by atoms with Crippen molar-refractivity contribution >= 4 is 11.6 Å². The summed E-state index contributed by atoms with van der Waals surface area (Å²) in [6, 6.07) is 1.66. The van der Waals surface area contributed by atoms with Gasteiger partial charge in [0, 0.05) is 19.0 Å². The molecule has 2 rings (SSSR count). The lowest BCUT2D eigenvalue weighted by Gasteiger charge is -1.97. The highest BCUT2D eigenvalue weighted by Crippen LogP contribution is 2.15. The SMILES string of the molecule is Nc1cc2n(n1)CCCCC2=O. The Morgan fingerprint density at radius 1 is 1.50 bits per heavy atom. The molecule has 2 heterocycles. The summed E-state index contributed by atoms with van der Waals surface area (Å²) in [7, 11) is 0. The van der Waals surface area contributed by atoms with E-state index in [1.807, 2.05) is 0 Å². The maximum Gasteiger partial charge on any atom is 0.180 e. The van der Waals surface area contributed by atoms with Gasteiger partial charge in [0.2, 0.25) is 0 Å². The Kier molecular flexibility index (Phi) is 1.60. The van der Waals surface area contributed by atoms with Crippen LogP contribution in [0, 0.1) is 0 Å². The Morgan fingerprint density at radius 2 is 2.33 bits per heavy atom. The number of carbonyl (C=O) groups is 1. The zero-order valence-electron chi connectivity index (χ0n) is 6.79. The summed E-state index contributed by atoms with van der Waals surface area (Å²) in [5.74, 6) is 0.608. The summed E-state index contributed by atoms with van der Waals surface area (Å²) in [5, 5.41) is 4.04. The van der Waals surface area contributed by atoms with Crippen LogP contribution in [0.5, 0.6) is 0 Å². The number of hydrogen-bond acceptors (Lipinski definition) is 3. The molecular formula is C8H11N3O. The molecule has 1 aliphatic rings. The van der Waals surface area contributed by atoms with Gasteiger partial charge in [-0.1, -0.05) is 0 Å². The van der Waals surface area contributed by atoms with Gasteiger partial charge in [-0.15, -0.1) is 0 Å². The zero-order valence-corrected chi connectivity index (χ0v) is 6.79. The van der Waals surface area contributed by atoms with Crippen LogP contribution < -0.4 is 5.73 Å². The van der Waals surface area contributed by atoms with Gasteiger partial charge in [0.1, 0.15) is 11.5 Å². The number of nitrogens with zero attached hydrogens (tertiary/aromatic N) is 2. The van der Waals surface area contributed by atoms with Crippen LogP contribution in [0.15, 0.2) is 6.07 Å². The minimum atomic E-state index is 0.164. The van der Waals surface area contributed by atoms with Crippen molar-refractivity contribution in [3.05, 3.63) is 11.8 Å². The van der Waals surface area contributed by atoms with Gasteiger partial charge in [0.05, 0.1) is 0 Å². The third-order valence-electron chi connectivity index (χ3n) is 2.11. The van der Waals surface area contributed by atoms with Crippen LogP contribution in [0.25, 0.3) is 0 Å². The molecule has 2 N–H and O–H groups in total. The van der Waals surface area contributed by atoms with E-state index in [-0.39, 0.29) is 5.78 Å². The maximum atomic E-state index is 11.4. The molecule has 0 spiro atoms. The molecule has 0 aromatic carbocycles. The Hall–Kier alpha value is -1.32. The number of ketones is 1. The van der Waals surface area contributed by atoms with Crippen molar-refractivity contribution in [3.63, 3.8) is 0 Å². The highest BCUT2D eigenvalue weighted by atomic mass is 16.1. The van der Waals surface area contributed by atoms with Gasteiger partial charge in [-0.25, -0.2) is 0 Å². The van der Waals surface area contributed by atoms with Crippen LogP contribution in [-0.2, 0) is 6.54 Å². The third kappa shape index (κ3) is 1.09. The molecule has 0 aliphatic carbocycles. The summed E-state index contributed by atoms with van der Waals surface area (Å²) in [6.45, 7) is 0.818. The number of hydrogen-bond donors (Lipinski definition) is 1. The van der Waals surface area contributed by atoms with Crippen LogP contribution in [0.1, 0.15) is 29.8 Å². The van der Waals surface area contributed by atoms with Crippen LogP contribution >= 0.6 is 0 Å². The molecule has 0 saturated carbocycles. The van der Waals surface area contributed by atoms with Crippen LogP contribution in [0.4, 0.5) is 5.82 Å². The summed E-state index contributed by atoms with van der Waals surface area (Å²) < 4.78 is 1.71. The predicted molar refractivity (Wildman–Crippen MR) is 44.8 cm³/mol. The average Bonchev–Trinajstić information content (AvgIpc) is 2.33. The average molecular weight is 165 g/mol. The van der Waals surface area contributed by atoms with E-state index in [1.165, 1.54) is 0 Å². The normalized spacial score (nSPS) is 17.2. The molecule has 0 amide bonds. The standard InChI is InChI=1S/C8H11N3O/c9-8-5-6-7(12)3-1-2-4-11(6)10-8/h5H,1-4H2,(H2,9,10). The van der Waals surface area contributed by atoms with E-state index in [0.29, 0.717) is 17.9 Å². The first-order valence-corrected chi connectivity index (χ1v) is 4.14. The first-order valence-electron chi connectivity index (χ1n) is 4.14. The minimum Gasteiger partial charge on any atom is -0.382 e. The van der Waals surface area contributed by atoms with Gasteiger partial charge in [-0.3, -0.25) is 9.48 Å². The van der Waals surface area contributed by atoms with Crippen molar-refractivity contribution < 1.29 is 4.79 Å². The third-order valence-corrected chi connectivity index (χ3v) is 2.11. The highest BCUT2D eigenvalue weighted by Gasteiger charge is 2.16. The highest BCUT2D eigenvalue weighted by molar-refractivity contribution is 5.95. The number of Topliss-reactive ketones (excluding diaryl/α,β-unsaturated/α-hetero) is 1. The molecule has 1 aliphatic heterocycles. The van der Waals surface area contributed by atoms with Crippen molar-refractivity contribution in [2.45, 2.75) is 25.8 Å². The second-order valence-corrected chi connectivity index (χ2v) is 3.06. The predicted octanol–water partition coefficient (Wildman–Crippen LogP) is 0.832. The number of carbonyl (C=O) groups excluding carboxylic acids is 1. The van der Waals surface area contributed by atoms with E-state index in [2.05, 4.69) is 5.10 Å². The lowest BCUT2D eigenvalue weighted by molar-refractivity contribution is 0.0976. The number of aryl methyl sites for hydroxylation is 1. The number of rotatable bonds is 0. The summed E-state index contributed by atoms with van der Waals surface area (Å²) in [5.41, 5.74) is 6.16. The summed E-state index contributed by atoms with van der Waals surface area (Å²) in [4.78, 5) is 11.4. The van der Waals surface area contributed by atoms with E-state index < -0.39 is 0 Å². The molecule has 0 unspecified atom stereocenters. The smallest absolute Gasteiger partial charge is 0.180 e. The molecule has 0 saturated heterocycles. The molecule has 1 aromatic heterocycles. The van der Waals surface area contributed by atoms with E-state index in [1.54, 1.807) is 10.7 Å². The van der Waals surface area contributed by atoms with Gasteiger partial charge in [-0.05, 0) is 12.8 Å². The van der Waals surface area contributed by atoms with Gasteiger partial charge < -0.3 is 5.73 Å². The molecule has 64 valence electrons. The Balaban J connectivity index is 2.44. The molecule has 0 radical (unpaired) electrons. The van der Waals surface area contributed by atoms with Gasteiger partial charge >= 0.3 is 0 Å². The molecule has 0 atom stereocenters. The first-order chi connectivity index (χ1) is 5.77. The topological polar surface area (TPSA) is 60.9 Å². The quantitative estimate of drug-likeness (QED) is 0.619. The fraction of sp³-hybridized carbons (Fsp3) is 0.500. The van der Waals surface area contributed by atoms with Crippen LogP contribution in [-0.4, -0.2) is 15.6 Å². The fourth-order valence-corrected chi connectivity index (χ4v) is 1.51. The lowest BCUT2D eigenvalue weighted by Crippen LogP contribution is -2.06. The number of anilines is 1. The number of aromatic nitrogens is 2. The minimum absolute atomic E-state index is 0.164. The largest absolute Gasteiger partial charge is 0.382 e. The van der Waals surface area contributed by atoms with Crippen molar-refractivity contribution in [2.24, 2.45) is 0 Å². The van der Waals surface area contributed by atoms with Crippen molar-refractivity contribution in [1.82, 2.24) is 9.78 Å². The number of nitrogens with two attached hydrogens (primary N) is 1. The Bertz CT molecular complexity index is 316. The monoisotopic (exact) mass is 165 g/mol. The summed E-state index contributed by atoms with van der Waals surface area (Å²) >= 11 is 0. The van der Waals surface area contributed by atoms with Gasteiger partial charge in [0.25, 0.3) is 0 Å². The Labute approximate surface area is 70.4 Å². The van der Waals surface area contributed by atoms with Gasteiger partial charge in [0.15, 0.2) is 5.78 Å². The number of nitrogen functional groups attached to an aromatic ring is 1. The Morgan fingerprint density at radius 3 is 3.17 bits per heavy atom. The lowest BCUT2D eigenvalue weighted by atomic mass is 10.1. The molecule has 1 aromatic rings. The molecule has 0 fully saturated rings.